The summed E-state index contributed by atoms with van der Waals surface area (Å²) in [7, 11) is 2.13. The summed E-state index contributed by atoms with van der Waals surface area (Å²) in [6.07, 6.45) is 0. The molecule has 2 atom stereocenters. The van der Waals surface area contributed by atoms with Crippen LogP contribution in [0.3, 0.4) is 0 Å². The van der Waals surface area contributed by atoms with Gasteiger partial charge in [-0.3, -0.25) is 0 Å². The average Bonchev–Trinajstić information content (AvgIpc) is 2.00. The third-order valence-corrected chi connectivity index (χ3v) is 3.36. The highest BCUT2D eigenvalue weighted by molar-refractivity contribution is 7.80. The Hall–Kier alpha value is -0.150. The van der Waals surface area contributed by atoms with Crippen molar-refractivity contribution in [2.45, 2.75) is 40.7 Å². The van der Waals surface area contributed by atoms with Gasteiger partial charge in [0.2, 0.25) is 0 Å². The fourth-order valence-corrected chi connectivity index (χ4v) is 1.42. The maximum atomic E-state index is 5.60. The van der Waals surface area contributed by atoms with Gasteiger partial charge in [-0.2, -0.15) is 0 Å². The molecule has 0 bridgehead atoms. The first-order valence-electron chi connectivity index (χ1n) is 5.15. The summed E-state index contributed by atoms with van der Waals surface area (Å²) >= 11 is 4.97. The fourth-order valence-electron chi connectivity index (χ4n) is 1.34. The summed E-state index contributed by atoms with van der Waals surface area (Å²) in [6.45, 7) is 12.0. The van der Waals surface area contributed by atoms with Crippen molar-refractivity contribution in [3.8, 4) is 0 Å². The number of rotatable bonds is 4. The third kappa shape index (κ3) is 4.38. The zero-order valence-electron chi connectivity index (χ0n) is 10.3. The van der Waals surface area contributed by atoms with E-state index >= 15 is 0 Å². The molecular formula is C11H24N2S. The molecule has 2 unspecified atom stereocenters. The summed E-state index contributed by atoms with van der Waals surface area (Å²) in [5, 5.41) is 0. The van der Waals surface area contributed by atoms with Crippen LogP contribution in [-0.2, 0) is 0 Å². The Morgan fingerprint density at radius 3 is 2.07 bits per heavy atom. The van der Waals surface area contributed by atoms with E-state index in [2.05, 4.69) is 46.6 Å². The molecule has 0 aliphatic carbocycles. The highest BCUT2D eigenvalue weighted by atomic mass is 32.1. The SMILES string of the molecule is CC(CN(C)C(C)C(C)(C)C)C(N)=S. The van der Waals surface area contributed by atoms with Crippen LogP contribution in [-0.4, -0.2) is 29.5 Å². The Morgan fingerprint density at radius 1 is 1.36 bits per heavy atom. The number of nitrogens with two attached hydrogens (primary N) is 1. The van der Waals surface area contributed by atoms with Gasteiger partial charge < -0.3 is 10.6 Å². The van der Waals surface area contributed by atoms with Gasteiger partial charge in [0, 0.05) is 18.5 Å². The van der Waals surface area contributed by atoms with Gasteiger partial charge >= 0.3 is 0 Å². The molecule has 0 spiro atoms. The zero-order chi connectivity index (χ0) is 11.5. The van der Waals surface area contributed by atoms with Crippen molar-refractivity contribution in [3.63, 3.8) is 0 Å². The van der Waals surface area contributed by atoms with E-state index in [1.54, 1.807) is 0 Å². The lowest BCUT2D eigenvalue weighted by atomic mass is 9.87. The van der Waals surface area contributed by atoms with E-state index in [0.29, 0.717) is 22.4 Å². The number of hydrogen-bond donors (Lipinski definition) is 1. The average molecular weight is 216 g/mol. The van der Waals surface area contributed by atoms with Crippen LogP contribution < -0.4 is 5.73 Å². The molecule has 0 radical (unpaired) electrons. The first kappa shape index (κ1) is 13.8. The van der Waals surface area contributed by atoms with Crippen molar-refractivity contribution in [2.75, 3.05) is 13.6 Å². The number of nitrogens with zero attached hydrogens (tertiary/aromatic N) is 1. The third-order valence-electron chi connectivity index (χ3n) is 2.96. The Morgan fingerprint density at radius 2 is 1.79 bits per heavy atom. The first-order chi connectivity index (χ1) is 6.16. The predicted molar refractivity (Wildman–Crippen MR) is 67.5 cm³/mol. The Kier molecular flexibility index (Phi) is 5.02. The quantitative estimate of drug-likeness (QED) is 0.731. The highest BCUT2D eigenvalue weighted by Crippen LogP contribution is 2.23. The molecular weight excluding hydrogens is 192 g/mol. The lowest BCUT2D eigenvalue weighted by molar-refractivity contribution is 0.134. The van der Waals surface area contributed by atoms with E-state index in [9.17, 15) is 0 Å². The topological polar surface area (TPSA) is 29.3 Å². The molecule has 0 saturated carbocycles. The minimum absolute atomic E-state index is 0.291. The molecule has 0 saturated heterocycles. The second kappa shape index (κ2) is 5.08. The van der Waals surface area contributed by atoms with E-state index in [4.69, 9.17) is 18.0 Å². The second-order valence-electron chi connectivity index (χ2n) is 5.28. The van der Waals surface area contributed by atoms with Crippen molar-refractivity contribution in [1.82, 2.24) is 4.90 Å². The van der Waals surface area contributed by atoms with Crippen molar-refractivity contribution >= 4 is 17.2 Å². The van der Waals surface area contributed by atoms with Gasteiger partial charge in [-0.05, 0) is 19.4 Å². The minimum Gasteiger partial charge on any atom is -0.393 e. The molecule has 0 rings (SSSR count). The Labute approximate surface area is 93.8 Å². The Bertz CT molecular complexity index is 196. The molecule has 0 amide bonds. The largest absolute Gasteiger partial charge is 0.393 e. The van der Waals surface area contributed by atoms with Crippen LogP contribution in [0.25, 0.3) is 0 Å². The summed E-state index contributed by atoms with van der Waals surface area (Å²) in [6, 6.07) is 0.527. The van der Waals surface area contributed by atoms with Crippen LogP contribution in [0.1, 0.15) is 34.6 Å². The van der Waals surface area contributed by atoms with Gasteiger partial charge in [-0.15, -0.1) is 0 Å². The van der Waals surface area contributed by atoms with Crippen LogP contribution in [0.4, 0.5) is 0 Å². The molecule has 0 aromatic carbocycles. The van der Waals surface area contributed by atoms with Gasteiger partial charge in [0.05, 0.1) is 4.99 Å². The zero-order valence-corrected chi connectivity index (χ0v) is 11.1. The highest BCUT2D eigenvalue weighted by Gasteiger charge is 2.24. The molecule has 0 aliphatic rings. The molecule has 0 aromatic heterocycles. The smallest absolute Gasteiger partial charge is 0.0768 e. The molecule has 0 aliphatic heterocycles. The van der Waals surface area contributed by atoms with Crippen molar-refractivity contribution in [3.05, 3.63) is 0 Å². The lowest BCUT2D eigenvalue weighted by Crippen LogP contribution is -2.43. The second-order valence-corrected chi connectivity index (χ2v) is 5.76. The Balaban J connectivity index is 4.21. The molecule has 84 valence electrons. The van der Waals surface area contributed by atoms with E-state index in [1.165, 1.54) is 0 Å². The van der Waals surface area contributed by atoms with Gasteiger partial charge in [0.15, 0.2) is 0 Å². The summed E-state index contributed by atoms with van der Waals surface area (Å²) in [5.74, 6) is 0.291. The summed E-state index contributed by atoms with van der Waals surface area (Å²) < 4.78 is 0. The molecule has 0 heterocycles. The fraction of sp³-hybridized carbons (Fsp3) is 0.909. The summed E-state index contributed by atoms with van der Waals surface area (Å²) in [5.41, 5.74) is 5.89. The van der Waals surface area contributed by atoms with E-state index in [1.807, 2.05) is 0 Å². The molecule has 3 heteroatoms. The first-order valence-corrected chi connectivity index (χ1v) is 5.56. The van der Waals surface area contributed by atoms with Gasteiger partial charge in [0.25, 0.3) is 0 Å². The van der Waals surface area contributed by atoms with Crippen LogP contribution in [0.2, 0.25) is 0 Å². The van der Waals surface area contributed by atoms with Crippen molar-refractivity contribution in [1.29, 1.82) is 0 Å². The minimum atomic E-state index is 0.291. The molecule has 0 fully saturated rings. The van der Waals surface area contributed by atoms with Crippen molar-refractivity contribution < 1.29 is 0 Å². The molecule has 0 aromatic rings. The van der Waals surface area contributed by atoms with Gasteiger partial charge in [-0.1, -0.05) is 39.9 Å². The monoisotopic (exact) mass is 216 g/mol. The predicted octanol–water partition coefficient (Wildman–Crippen LogP) is 2.27. The summed E-state index contributed by atoms with van der Waals surface area (Å²) in [4.78, 5) is 2.93. The van der Waals surface area contributed by atoms with E-state index in [0.717, 1.165) is 6.54 Å². The number of thiocarbonyl (C=S) groups is 1. The van der Waals surface area contributed by atoms with Crippen molar-refractivity contribution in [2.24, 2.45) is 17.1 Å². The van der Waals surface area contributed by atoms with Crippen LogP contribution >= 0.6 is 12.2 Å². The standard InChI is InChI=1S/C11H24N2S/c1-8(10(12)14)7-13(6)9(2)11(3,4)5/h8-9H,7H2,1-6H3,(H2,12,14). The lowest BCUT2D eigenvalue weighted by Gasteiger charge is -2.36. The van der Waals surface area contributed by atoms with Crippen LogP contribution in [0.15, 0.2) is 0 Å². The maximum absolute atomic E-state index is 5.60. The molecule has 14 heavy (non-hydrogen) atoms. The van der Waals surface area contributed by atoms with Gasteiger partial charge in [-0.25, -0.2) is 0 Å². The van der Waals surface area contributed by atoms with Crippen LogP contribution in [0, 0.1) is 11.3 Å². The van der Waals surface area contributed by atoms with Crippen LogP contribution in [0.5, 0.6) is 0 Å². The normalized spacial score (nSPS) is 16.8. The van der Waals surface area contributed by atoms with E-state index in [-0.39, 0.29) is 0 Å². The number of hydrogen-bond acceptors (Lipinski definition) is 2. The van der Waals surface area contributed by atoms with Gasteiger partial charge in [0.1, 0.15) is 0 Å². The van der Waals surface area contributed by atoms with E-state index < -0.39 is 0 Å². The molecule has 2 nitrogen and oxygen atoms in total. The maximum Gasteiger partial charge on any atom is 0.0768 e. The molecule has 2 N–H and O–H groups in total.